The zero-order valence-electron chi connectivity index (χ0n) is 8.04. The van der Waals surface area contributed by atoms with E-state index >= 15 is 0 Å². The van der Waals surface area contributed by atoms with Crippen LogP contribution in [0.25, 0.3) is 5.69 Å². The second-order valence-corrected chi connectivity index (χ2v) is 4.32. The molecule has 3 nitrogen and oxygen atoms in total. The minimum Gasteiger partial charge on any atom is -0.272 e. The van der Waals surface area contributed by atoms with Gasteiger partial charge in [-0.15, -0.1) is 10.2 Å². The molecule has 1 aromatic carbocycles. The summed E-state index contributed by atoms with van der Waals surface area (Å²) in [5, 5.41) is 6.99. The predicted molar refractivity (Wildman–Crippen MR) is 59.1 cm³/mol. The van der Waals surface area contributed by atoms with Crippen LogP contribution in [0.15, 0.2) is 29.0 Å². The molecule has 0 radical (unpaired) electrons. The number of nitrogens with zero attached hydrogens (tertiary/aromatic N) is 3. The number of hydrogen-bond donors (Lipinski definition) is 0. The molecule has 0 atom stereocenters. The normalized spacial score (nSPS) is 11.8. The van der Waals surface area contributed by atoms with Crippen molar-refractivity contribution in [3.63, 3.8) is 0 Å². The number of benzene rings is 1. The summed E-state index contributed by atoms with van der Waals surface area (Å²) in [6.07, 6.45) is -3.19. The van der Waals surface area contributed by atoms with E-state index < -0.39 is 11.7 Å². The molecule has 0 spiro atoms. The third-order valence-electron chi connectivity index (χ3n) is 2.04. The molecular formula is C9H4BrClF3N3. The minimum absolute atomic E-state index is 0.000414. The molecule has 17 heavy (non-hydrogen) atoms. The average Bonchev–Trinajstić information content (AvgIpc) is 2.63. The van der Waals surface area contributed by atoms with Crippen LogP contribution in [-0.4, -0.2) is 14.8 Å². The first-order valence-corrected chi connectivity index (χ1v) is 5.49. The maximum absolute atomic E-state index is 12.7. The van der Waals surface area contributed by atoms with Crippen molar-refractivity contribution >= 4 is 27.5 Å². The Labute approximate surface area is 107 Å². The quantitative estimate of drug-likeness (QED) is 0.800. The van der Waals surface area contributed by atoms with Crippen LogP contribution in [0.4, 0.5) is 13.2 Å². The van der Waals surface area contributed by atoms with E-state index in [0.717, 1.165) is 6.07 Å². The van der Waals surface area contributed by atoms with Crippen LogP contribution < -0.4 is 0 Å². The molecule has 1 aromatic heterocycles. The van der Waals surface area contributed by atoms with Gasteiger partial charge in [0.25, 0.3) is 0 Å². The molecule has 0 N–H and O–H groups in total. The number of halogens is 5. The lowest BCUT2D eigenvalue weighted by Crippen LogP contribution is -2.07. The lowest BCUT2D eigenvalue weighted by atomic mass is 10.2. The summed E-state index contributed by atoms with van der Waals surface area (Å²) in [6, 6.07) is 3.75. The van der Waals surface area contributed by atoms with Gasteiger partial charge in [0.15, 0.2) is 0 Å². The van der Waals surface area contributed by atoms with E-state index in [9.17, 15) is 13.2 Å². The maximum atomic E-state index is 12.7. The second-order valence-electron chi connectivity index (χ2n) is 3.13. The summed E-state index contributed by atoms with van der Waals surface area (Å²) in [6.45, 7) is 0. The molecule has 0 bridgehead atoms. The highest BCUT2D eigenvalue weighted by Gasteiger charge is 2.33. The van der Waals surface area contributed by atoms with E-state index in [1.165, 1.54) is 23.0 Å². The van der Waals surface area contributed by atoms with E-state index in [-0.39, 0.29) is 15.4 Å². The Morgan fingerprint density at radius 3 is 2.53 bits per heavy atom. The summed E-state index contributed by atoms with van der Waals surface area (Å²) in [4.78, 5) is 0. The lowest BCUT2D eigenvalue weighted by molar-refractivity contribution is -0.138. The summed E-state index contributed by atoms with van der Waals surface area (Å²) in [7, 11) is 0. The molecule has 2 rings (SSSR count). The lowest BCUT2D eigenvalue weighted by Gasteiger charge is -2.11. The molecule has 0 aliphatic carbocycles. The van der Waals surface area contributed by atoms with Crippen molar-refractivity contribution in [1.82, 2.24) is 14.8 Å². The third-order valence-corrected chi connectivity index (χ3v) is 2.99. The van der Waals surface area contributed by atoms with Gasteiger partial charge in [-0.25, -0.2) is 0 Å². The van der Waals surface area contributed by atoms with Crippen LogP contribution in [0.2, 0.25) is 5.28 Å². The first kappa shape index (κ1) is 12.4. The van der Waals surface area contributed by atoms with Gasteiger partial charge in [-0.2, -0.15) is 13.2 Å². The molecule has 0 aliphatic rings. The third kappa shape index (κ3) is 2.44. The van der Waals surface area contributed by atoms with Gasteiger partial charge in [0.2, 0.25) is 5.28 Å². The van der Waals surface area contributed by atoms with E-state index in [4.69, 9.17) is 11.6 Å². The Balaban J connectivity index is 2.56. The largest absolute Gasteiger partial charge is 0.417 e. The van der Waals surface area contributed by atoms with Crippen LogP contribution in [-0.2, 0) is 6.18 Å². The monoisotopic (exact) mass is 325 g/mol. The molecule has 90 valence electrons. The van der Waals surface area contributed by atoms with Crippen molar-refractivity contribution in [2.24, 2.45) is 0 Å². The molecule has 1 heterocycles. The molecule has 0 saturated heterocycles. The van der Waals surface area contributed by atoms with Crippen LogP contribution in [0.1, 0.15) is 5.56 Å². The predicted octanol–water partition coefficient (Wildman–Crippen LogP) is 3.70. The molecule has 2 aromatic rings. The summed E-state index contributed by atoms with van der Waals surface area (Å²) < 4.78 is 39.2. The van der Waals surface area contributed by atoms with E-state index in [1.807, 2.05) is 0 Å². The number of hydrogen-bond acceptors (Lipinski definition) is 2. The average molecular weight is 327 g/mol. The van der Waals surface area contributed by atoms with Gasteiger partial charge >= 0.3 is 6.18 Å². The van der Waals surface area contributed by atoms with Crippen LogP contribution in [0.5, 0.6) is 0 Å². The fourth-order valence-corrected chi connectivity index (χ4v) is 1.93. The van der Waals surface area contributed by atoms with E-state index in [1.54, 1.807) is 0 Å². The Morgan fingerprint density at radius 1 is 1.29 bits per heavy atom. The van der Waals surface area contributed by atoms with Gasteiger partial charge < -0.3 is 0 Å². The van der Waals surface area contributed by atoms with Gasteiger partial charge in [0.05, 0.1) is 11.3 Å². The number of rotatable bonds is 1. The van der Waals surface area contributed by atoms with Crippen molar-refractivity contribution in [2.75, 3.05) is 0 Å². The molecule has 8 heteroatoms. The summed E-state index contributed by atoms with van der Waals surface area (Å²) >= 11 is 8.53. The van der Waals surface area contributed by atoms with Gasteiger partial charge in [0, 0.05) is 4.47 Å². The molecule has 0 fully saturated rings. The number of alkyl halides is 3. The fraction of sp³-hybridized carbons (Fsp3) is 0.111. The maximum Gasteiger partial charge on any atom is 0.417 e. The zero-order valence-corrected chi connectivity index (χ0v) is 10.4. The second kappa shape index (κ2) is 4.30. The van der Waals surface area contributed by atoms with Crippen LogP contribution in [0, 0.1) is 0 Å². The fourth-order valence-electron chi connectivity index (χ4n) is 1.27. The molecule has 0 saturated carbocycles. The van der Waals surface area contributed by atoms with Crippen LogP contribution >= 0.6 is 27.5 Å². The van der Waals surface area contributed by atoms with Crippen molar-refractivity contribution in [3.05, 3.63) is 39.8 Å². The standard InChI is InChI=1S/C9H4BrClF3N3/c10-7-2-1-5(3-6(7)9(12,13)14)17-4-15-16-8(17)11/h1-4H. The van der Waals surface area contributed by atoms with E-state index in [2.05, 4.69) is 26.1 Å². The number of aromatic nitrogens is 3. The first-order valence-electron chi connectivity index (χ1n) is 4.32. The minimum atomic E-state index is -4.44. The Hall–Kier alpha value is -1.08. The molecule has 0 amide bonds. The Kier molecular flexibility index (Phi) is 3.13. The molecule has 0 aliphatic heterocycles. The van der Waals surface area contributed by atoms with Gasteiger partial charge in [-0.1, -0.05) is 15.9 Å². The molecule has 0 unspecified atom stereocenters. The van der Waals surface area contributed by atoms with Crippen molar-refractivity contribution in [1.29, 1.82) is 0 Å². The van der Waals surface area contributed by atoms with Gasteiger partial charge in [-0.05, 0) is 29.8 Å². The Bertz CT molecular complexity index is 553. The summed E-state index contributed by atoms with van der Waals surface area (Å²) in [5.41, 5.74) is -0.532. The van der Waals surface area contributed by atoms with Gasteiger partial charge in [0.1, 0.15) is 6.33 Å². The SMILES string of the molecule is FC(F)(F)c1cc(-n2cnnc2Cl)ccc1Br. The smallest absolute Gasteiger partial charge is 0.272 e. The van der Waals surface area contributed by atoms with Crippen molar-refractivity contribution in [2.45, 2.75) is 6.18 Å². The first-order chi connectivity index (χ1) is 7.89. The zero-order chi connectivity index (χ0) is 12.6. The van der Waals surface area contributed by atoms with Crippen LogP contribution in [0.3, 0.4) is 0 Å². The molecular weight excluding hydrogens is 322 g/mol. The van der Waals surface area contributed by atoms with Crippen molar-refractivity contribution in [3.8, 4) is 5.69 Å². The van der Waals surface area contributed by atoms with Crippen molar-refractivity contribution < 1.29 is 13.2 Å². The van der Waals surface area contributed by atoms with E-state index in [0.29, 0.717) is 0 Å². The highest BCUT2D eigenvalue weighted by Crippen LogP contribution is 2.36. The topological polar surface area (TPSA) is 30.7 Å². The highest BCUT2D eigenvalue weighted by molar-refractivity contribution is 9.10. The highest BCUT2D eigenvalue weighted by atomic mass is 79.9. The Morgan fingerprint density at radius 2 is 2.00 bits per heavy atom. The van der Waals surface area contributed by atoms with Gasteiger partial charge in [-0.3, -0.25) is 4.57 Å². The summed E-state index contributed by atoms with van der Waals surface area (Å²) in [5.74, 6) is 0.